The molecule has 9 nitrogen and oxygen atoms in total. The maximum atomic E-state index is 13.2. The summed E-state index contributed by atoms with van der Waals surface area (Å²) in [5, 5.41) is 17.5. The second-order valence-electron chi connectivity index (χ2n) is 11.7. The molecule has 0 spiro atoms. The Morgan fingerprint density at radius 1 is 1.27 bits per heavy atom. The van der Waals surface area contributed by atoms with Gasteiger partial charge in [-0.3, -0.25) is 9.59 Å². The van der Waals surface area contributed by atoms with E-state index < -0.39 is 5.60 Å². The minimum absolute atomic E-state index is 0.0145. The molecule has 1 atom stereocenters. The van der Waals surface area contributed by atoms with Crippen molar-refractivity contribution < 1.29 is 14.7 Å². The number of hydrogen-bond donors (Lipinski definition) is 3. The lowest BCUT2D eigenvalue weighted by molar-refractivity contribution is -0.0309. The minimum atomic E-state index is -0.757. The Balaban J connectivity index is 1.28. The molecule has 1 aromatic carbocycles. The SMILES string of the molecule is Cc1cc(-c2ccn3nc(N)c(C(=O)NC4CC(C(C)(C)O)C4)c3n2)cc2c1C(=O)N([C@@H](C)C1CC1)C2. The van der Waals surface area contributed by atoms with Crippen LogP contribution in [0.1, 0.15) is 78.3 Å². The smallest absolute Gasteiger partial charge is 0.259 e. The highest BCUT2D eigenvalue weighted by Crippen LogP contribution is 2.40. The molecule has 9 heteroatoms. The van der Waals surface area contributed by atoms with Crippen LogP contribution in [0.2, 0.25) is 0 Å². The highest BCUT2D eigenvalue weighted by atomic mass is 16.3. The number of amides is 2. The molecular weight excluding hydrogens is 468 g/mol. The number of fused-ring (bicyclic) bond motifs is 2. The summed E-state index contributed by atoms with van der Waals surface area (Å²) >= 11 is 0. The van der Waals surface area contributed by atoms with E-state index in [-0.39, 0.29) is 41.2 Å². The number of nitrogens with two attached hydrogens (primary N) is 1. The summed E-state index contributed by atoms with van der Waals surface area (Å²) < 4.78 is 1.52. The van der Waals surface area contributed by atoms with Crippen LogP contribution in [0, 0.1) is 18.8 Å². The first kappa shape index (κ1) is 23.9. The van der Waals surface area contributed by atoms with Crippen molar-refractivity contribution in [1.82, 2.24) is 24.8 Å². The molecule has 1 aliphatic heterocycles. The number of carbonyl (C=O) groups excluding carboxylic acids is 2. The fourth-order valence-electron chi connectivity index (χ4n) is 5.89. The quantitative estimate of drug-likeness (QED) is 0.475. The normalized spacial score (nSPS) is 22.2. The first-order valence-electron chi connectivity index (χ1n) is 13.1. The third-order valence-electron chi connectivity index (χ3n) is 8.54. The van der Waals surface area contributed by atoms with E-state index in [1.807, 2.05) is 30.0 Å². The third kappa shape index (κ3) is 4.05. The van der Waals surface area contributed by atoms with Crippen molar-refractivity contribution in [2.45, 2.75) is 77.6 Å². The average Bonchev–Trinajstić information content (AvgIpc) is 3.51. The predicted octanol–water partition coefficient (Wildman–Crippen LogP) is 3.32. The Labute approximate surface area is 216 Å². The average molecular weight is 503 g/mol. The summed E-state index contributed by atoms with van der Waals surface area (Å²) in [6.07, 6.45) is 5.59. The predicted molar refractivity (Wildman–Crippen MR) is 140 cm³/mol. The van der Waals surface area contributed by atoms with Gasteiger partial charge in [0.2, 0.25) is 0 Å². The molecule has 2 fully saturated rings. The number of benzene rings is 1. The highest BCUT2D eigenvalue weighted by Gasteiger charge is 2.41. The van der Waals surface area contributed by atoms with Gasteiger partial charge in [-0.2, -0.15) is 0 Å². The summed E-state index contributed by atoms with van der Waals surface area (Å²) in [5.41, 5.74) is 10.4. The van der Waals surface area contributed by atoms with Crippen molar-refractivity contribution in [1.29, 1.82) is 0 Å². The summed E-state index contributed by atoms with van der Waals surface area (Å²) in [7, 11) is 0. The van der Waals surface area contributed by atoms with Gasteiger partial charge in [-0.25, -0.2) is 9.50 Å². The van der Waals surface area contributed by atoms with Crippen LogP contribution >= 0.6 is 0 Å². The van der Waals surface area contributed by atoms with Crippen LogP contribution in [-0.2, 0) is 6.54 Å². The molecular formula is C28H34N6O3. The van der Waals surface area contributed by atoms with Crippen LogP contribution < -0.4 is 11.1 Å². The van der Waals surface area contributed by atoms with Crippen LogP contribution in [0.15, 0.2) is 24.4 Å². The fourth-order valence-corrected chi connectivity index (χ4v) is 5.89. The number of aromatic nitrogens is 3. The fraction of sp³-hybridized carbons (Fsp3) is 0.500. The Morgan fingerprint density at radius 2 is 2.00 bits per heavy atom. The number of aliphatic hydroxyl groups is 1. The molecule has 2 aliphatic carbocycles. The van der Waals surface area contributed by atoms with Crippen molar-refractivity contribution in [3.63, 3.8) is 0 Å². The van der Waals surface area contributed by atoms with E-state index in [1.54, 1.807) is 20.0 Å². The maximum Gasteiger partial charge on any atom is 0.259 e. The monoisotopic (exact) mass is 502 g/mol. The van der Waals surface area contributed by atoms with Gasteiger partial charge in [-0.05, 0) is 94.5 Å². The van der Waals surface area contributed by atoms with E-state index >= 15 is 0 Å². The van der Waals surface area contributed by atoms with E-state index in [0.29, 0.717) is 23.8 Å². The van der Waals surface area contributed by atoms with E-state index in [1.165, 1.54) is 17.4 Å². The van der Waals surface area contributed by atoms with Gasteiger partial charge in [0.25, 0.3) is 11.8 Å². The molecule has 37 heavy (non-hydrogen) atoms. The zero-order valence-corrected chi connectivity index (χ0v) is 21.8. The molecule has 6 rings (SSSR count). The third-order valence-corrected chi connectivity index (χ3v) is 8.54. The summed E-state index contributed by atoms with van der Waals surface area (Å²) in [5.74, 6) is 0.701. The number of hydrogen-bond acceptors (Lipinski definition) is 6. The van der Waals surface area contributed by atoms with Crippen LogP contribution in [-0.4, -0.2) is 54.1 Å². The lowest BCUT2D eigenvalue weighted by atomic mass is 9.71. The molecule has 0 saturated heterocycles. The summed E-state index contributed by atoms with van der Waals surface area (Å²) in [6, 6.07) is 6.12. The number of nitrogen functional groups attached to an aromatic ring is 1. The van der Waals surface area contributed by atoms with Crippen LogP contribution in [0.5, 0.6) is 0 Å². The highest BCUT2D eigenvalue weighted by molar-refractivity contribution is 6.04. The zero-order chi connectivity index (χ0) is 26.2. The molecule has 2 aromatic heterocycles. The molecule has 2 saturated carbocycles. The Morgan fingerprint density at radius 3 is 2.68 bits per heavy atom. The van der Waals surface area contributed by atoms with Crippen molar-refractivity contribution >= 4 is 23.3 Å². The number of nitrogens with one attached hydrogen (secondary N) is 1. The van der Waals surface area contributed by atoms with E-state index in [0.717, 1.165) is 35.1 Å². The van der Waals surface area contributed by atoms with Crippen molar-refractivity contribution in [2.24, 2.45) is 11.8 Å². The van der Waals surface area contributed by atoms with Gasteiger partial charge in [0, 0.05) is 36.0 Å². The molecule has 0 bridgehead atoms. The van der Waals surface area contributed by atoms with Gasteiger partial charge in [-0.1, -0.05) is 0 Å². The molecule has 4 N–H and O–H groups in total. The minimum Gasteiger partial charge on any atom is -0.390 e. The van der Waals surface area contributed by atoms with Crippen molar-refractivity contribution in [3.05, 3.63) is 46.6 Å². The molecule has 3 heterocycles. The number of rotatable bonds is 6. The lowest BCUT2D eigenvalue weighted by Crippen LogP contribution is -2.51. The van der Waals surface area contributed by atoms with Gasteiger partial charge in [0.05, 0.1) is 11.3 Å². The topological polar surface area (TPSA) is 126 Å². The molecule has 3 aromatic rings. The Hall–Kier alpha value is -3.46. The van der Waals surface area contributed by atoms with Crippen LogP contribution in [0.3, 0.4) is 0 Å². The van der Waals surface area contributed by atoms with Gasteiger partial charge >= 0.3 is 0 Å². The van der Waals surface area contributed by atoms with E-state index in [9.17, 15) is 14.7 Å². The zero-order valence-electron chi connectivity index (χ0n) is 21.8. The Bertz CT molecular complexity index is 1430. The summed E-state index contributed by atoms with van der Waals surface area (Å²) in [4.78, 5) is 33.1. The molecule has 0 unspecified atom stereocenters. The van der Waals surface area contributed by atoms with Gasteiger partial charge in [0.15, 0.2) is 11.5 Å². The van der Waals surface area contributed by atoms with Gasteiger partial charge < -0.3 is 21.1 Å². The number of aryl methyl sites for hydroxylation is 1. The molecule has 3 aliphatic rings. The molecule has 2 amide bonds. The van der Waals surface area contributed by atoms with Crippen LogP contribution in [0.4, 0.5) is 5.82 Å². The second-order valence-corrected chi connectivity index (χ2v) is 11.7. The summed E-state index contributed by atoms with van der Waals surface area (Å²) in [6.45, 7) is 8.33. The van der Waals surface area contributed by atoms with Crippen molar-refractivity contribution in [2.75, 3.05) is 5.73 Å². The largest absolute Gasteiger partial charge is 0.390 e. The van der Waals surface area contributed by atoms with Gasteiger partial charge in [-0.15, -0.1) is 5.10 Å². The Kier molecular flexibility index (Phi) is 5.35. The first-order valence-corrected chi connectivity index (χ1v) is 13.1. The second kappa shape index (κ2) is 8.28. The van der Waals surface area contributed by atoms with Gasteiger partial charge in [0.1, 0.15) is 5.56 Å². The van der Waals surface area contributed by atoms with Crippen LogP contribution in [0.25, 0.3) is 16.9 Å². The number of anilines is 1. The number of carbonyl (C=O) groups is 2. The van der Waals surface area contributed by atoms with Crippen molar-refractivity contribution in [3.8, 4) is 11.3 Å². The lowest BCUT2D eigenvalue weighted by Gasteiger charge is -2.42. The van der Waals surface area contributed by atoms with E-state index in [2.05, 4.69) is 17.3 Å². The standard InChI is InChI=1S/C28H34N6O3/c1-14-9-17(10-18-13-33(27(36)22(14)18)15(2)16-5-6-16)21-7-8-34-25(31-21)23(24(29)32-34)26(35)30-20-11-19(12-20)28(3,4)37/h7-10,15-16,19-20,37H,5-6,11-13H2,1-4H3,(H2,29,32)(H,30,35)/t15-,19?,20?/m0/s1. The first-order chi connectivity index (χ1) is 17.5. The molecule has 0 radical (unpaired) electrons. The maximum absolute atomic E-state index is 13.2. The number of nitrogens with zero attached hydrogens (tertiary/aromatic N) is 4. The van der Waals surface area contributed by atoms with E-state index in [4.69, 9.17) is 10.7 Å². The molecule has 194 valence electrons.